The largest absolute Gasteiger partial charge is 0.497 e. The number of methoxy groups -OCH3 is 1. The first-order chi connectivity index (χ1) is 16.3. The van der Waals surface area contributed by atoms with Gasteiger partial charge in [0.2, 0.25) is 0 Å². The molecule has 1 atom stereocenters. The third kappa shape index (κ3) is 4.50. The van der Waals surface area contributed by atoms with Gasteiger partial charge in [-0.2, -0.15) is 0 Å². The Hall–Kier alpha value is -3.38. The summed E-state index contributed by atoms with van der Waals surface area (Å²) in [6, 6.07) is 7.47. The van der Waals surface area contributed by atoms with Gasteiger partial charge in [0.25, 0.3) is 5.56 Å². The SMILES string of the molecule is COc1ccc(-c2nnc(SCC(=O)c3c(N)n(C)c(=O)n(C)c3=O)n2CC2CCCO2)cc1. The van der Waals surface area contributed by atoms with Gasteiger partial charge in [-0.25, -0.2) is 4.79 Å². The summed E-state index contributed by atoms with van der Waals surface area (Å²) in [7, 11) is 4.33. The molecule has 0 aliphatic carbocycles. The second-order valence-corrected chi connectivity index (χ2v) is 8.90. The van der Waals surface area contributed by atoms with E-state index >= 15 is 0 Å². The first kappa shape index (κ1) is 23.8. The van der Waals surface area contributed by atoms with Gasteiger partial charge in [0, 0.05) is 26.3 Å². The maximum Gasteiger partial charge on any atom is 0.332 e. The van der Waals surface area contributed by atoms with Crippen molar-refractivity contribution in [2.75, 3.05) is 25.2 Å². The number of nitrogens with two attached hydrogens (primary N) is 1. The van der Waals surface area contributed by atoms with Crippen LogP contribution in [0.5, 0.6) is 5.75 Å². The van der Waals surface area contributed by atoms with Crippen LogP contribution in [-0.2, 0) is 25.4 Å². The number of anilines is 1. The molecule has 3 heterocycles. The Labute approximate surface area is 199 Å². The molecule has 2 N–H and O–H groups in total. The zero-order valence-electron chi connectivity index (χ0n) is 19.2. The summed E-state index contributed by atoms with van der Waals surface area (Å²) in [5, 5.41) is 9.19. The van der Waals surface area contributed by atoms with E-state index < -0.39 is 17.0 Å². The van der Waals surface area contributed by atoms with Crippen molar-refractivity contribution in [1.82, 2.24) is 23.9 Å². The molecule has 0 amide bonds. The molecule has 1 fully saturated rings. The van der Waals surface area contributed by atoms with E-state index in [1.807, 2.05) is 28.8 Å². The monoisotopic (exact) mass is 486 g/mol. The molecule has 2 aromatic heterocycles. The number of thioether (sulfide) groups is 1. The van der Waals surface area contributed by atoms with Gasteiger partial charge in [0.1, 0.15) is 17.1 Å². The molecule has 0 spiro atoms. The van der Waals surface area contributed by atoms with Gasteiger partial charge in [-0.3, -0.25) is 23.3 Å². The molecule has 3 aromatic rings. The number of nitrogens with zero attached hydrogens (tertiary/aromatic N) is 5. The number of carbonyl (C=O) groups is 1. The van der Waals surface area contributed by atoms with E-state index in [4.69, 9.17) is 15.2 Å². The number of ether oxygens (including phenoxy) is 2. The van der Waals surface area contributed by atoms with Crippen LogP contribution in [0.4, 0.5) is 5.82 Å². The van der Waals surface area contributed by atoms with Crippen LogP contribution >= 0.6 is 11.8 Å². The molecule has 180 valence electrons. The summed E-state index contributed by atoms with van der Waals surface area (Å²) in [4.78, 5) is 37.5. The van der Waals surface area contributed by atoms with E-state index in [0.717, 1.165) is 45.1 Å². The van der Waals surface area contributed by atoms with Gasteiger partial charge >= 0.3 is 5.69 Å². The summed E-state index contributed by atoms with van der Waals surface area (Å²) in [5.74, 6) is 0.634. The lowest BCUT2D eigenvalue weighted by Gasteiger charge is -2.15. The Balaban J connectivity index is 1.63. The first-order valence-corrected chi connectivity index (χ1v) is 11.7. The predicted molar refractivity (Wildman–Crippen MR) is 127 cm³/mol. The van der Waals surface area contributed by atoms with Crippen molar-refractivity contribution in [3.05, 3.63) is 50.7 Å². The van der Waals surface area contributed by atoms with Gasteiger partial charge in [-0.05, 0) is 37.1 Å². The average molecular weight is 487 g/mol. The molecule has 1 unspecified atom stereocenters. The maximum atomic E-state index is 13.0. The lowest BCUT2D eigenvalue weighted by atomic mass is 10.2. The van der Waals surface area contributed by atoms with E-state index in [2.05, 4.69) is 10.2 Å². The zero-order valence-corrected chi connectivity index (χ0v) is 20.0. The highest BCUT2D eigenvalue weighted by molar-refractivity contribution is 7.99. The molecule has 1 aliphatic rings. The standard InChI is InChI=1S/C22H26N6O5S/c1-26-18(23)17(20(30)27(2)22(26)31)16(29)12-34-21-25-24-19(13-6-8-14(32-3)9-7-13)28(21)11-15-5-4-10-33-15/h6-9,15H,4-5,10-12,23H2,1-3H3. The molecule has 0 radical (unpaired) electrons. The highest BCUT2D eigenvalue weighted by Gasteiger charge is 2.24. The topological polar surface area (TPSA) is 136 Å². The Kier molecular flexibility index (Phi) is 6.89. The number of benzene rings is 1. The summed E-state index contributed by atoms with van der Waals surface area (Å²) in [6.07, 6.45) is 1.93. The fourth-order valence-corrected chi connectivity index (χ4v) is 4.65. The number of ketones is 1. The summed E-state index contributed by atoms with van der Waals surface area (Å²) < 4.78 is 14.9. The molecule has 0 bridgehead atoms. The Morgan fingerprint density at radius 1 is 1.21 bits per heavy atom. The molecule has 1 aliphatic heterocycles. The Morgan fingerprint density at radius 2 is 1.94 bits per heavy atom. The van der Waals surface area contributed by atoms with Crippen molar-refractivity contribution >= 4 is 23.4 Å². The van der Waals surface area contributed by atoms with E-state index in [1.165, 1.54) is 14.1 Å². The Bertz CT molecular complexity index is 1320. The summed E-state index contributed by atoms with van der Waals surface area (Å²) >= 11 is 1.16. The van der Waals surface area contributed by atoms with E-state index in [-0.39, 0.29) is 23.2 Å². The van der Waals surface area contributed by atoms with Crippen LogP contribution in [0, 0.1) is 0 Å². The third-order valence-corrected chi connectivity index (χ3v) is 6.76. The van der Waals surface area contributed by atoms with Gasteiger partial charge in [0.15, 0.2) is 16.8 Å². The molecule has 12 heteroatoms. The minimum Gasteiger partial charge on any atom is -0.497 e. The fraction of sp³-hybridized carbons (Fsp3) is 0.409. The first-order valence-electron chi connectivity index (χ1n) is 10.7. The molecule has 11 nitrogen and oxygen atoms in total. The van der Waals surface area contributed by atoms with Gasteiger partial charge in [-0.1, -0.05) is 11.8 Å². The normalized spacial score (nSPS) is 15.6. The van der Waals surface area contributed by atoms with Crippen LogP contribution in [0.15, 0.2) is 39.0 Å². The van der Waals surface area contributed by atoms with Crippen molar-refractivity contribution in [3.8, 4) is 17.1 Å². The molecule has 4 rings (SSSR count). The smallest absolute Gasteiger partial charge is 0.332 e. The number of hydrogen-bond acceptors (Lipinski definition) is 9. The highest BCUT2D eigenvalue weighted by Crippen LogP contribution is 2.28. The van der Waals surface area contributed by atoms with Crippen molar-refractivity contribution in [1.29, 1.82) is 0 Å². The summed E-state index contributed by atoms with van der Waals surface area (Å²) in [6.45, 7) is 1.25. The fourth-order valence-electron chi connectivity index (χ4n) is 3.83. The van der Waals surface area contributed by atoms with Crippen molar-refractivity contribution in [3.63, 3.8) is 0 Å². The predicted octanol–water partition coefficient (Wildman–Crippen LogP) is 1.09. The molecule has 1 aromatic carbocycles. The third-order valence-electron chi connectivity index (χ3n) is 5.80. The van der Waals surface area contributed by atoms with Crippen molar-refractivity contribution in [2.24, 2.45) is 14.1 Å². The molecule has 1 saturated heterocycles. The second-order valence-electron chi connectivity index (χ2n) is 7.96. The van der Waals surface area contributed by atoms with Crippen LogP contribution in [0.3, 0.4) is 0 Å². The zero-order chi connectivity index (χ0) is 24.4. The number of hydrogen-bond donors (Lipinski definition) is 1. The number of nitrogen functional groups attached to an aromatic ring is 1. The quantitative estimate of drug-likeness (QED) is 0.366. The lowest BCUT2D eigenvalue weighted by Crippen LogP contribution is -2.41. The lowest BCUT2D eigenvalue weighted by molar-refractivity contribution is 0.0953. The van der Waals surface area contributed by atoms with E-state index in [1.54, 1.807) is 7.11 Å². The van der Waals surface area contributed by atoms with Crippen molar-refractivity contribution < 1.29 is 14.3 Å². The minimum absolute atomic E-state index is 0.0228. The number of rotatable bonds is 8. The molecular weight excluding hydrogens is 460 g/mol. The number of aromatic nitrogens is 5. The number of Topliss-reactive ketones (excluding diaryl/α,β-unsaturated/α-hetero) is 1. The molecule has 0 saturated carbocycles. The summed E-state index contributed by atoms with van der Waals surface area (Å²) in [5.41, 5.74) is 5.26. The Morgan fingerprint density at radius 3 is 2.59 bits per heavy atom. The minimum atomic E-state index is -0.717. The second kappa shape index (κ2) is 9.85. The van der Waals surface area contributed by atoms with Crippen LogP contribution in [0.1, 0.15) is 23.2 Å². The van der Waals surface area contributed by atoms with E-state index in [0.29, 0.717) is 24.1 Å². The van der Waals surface area contributed by atoms with Crippen molar-refractivity contribution in [2.45, 2.75) is 30.6 Å². The molecular formula is C22H26N6O5S. The van der Waals surface area contributed by atoms with E-state index in [9.17, 15) is 14.4 Å². The molecule has 34 heavy (non-hydrogen) atoms. The average Bonchev–Trinajstić information content (AvgIpc) is 3.51. The maximum absolute atomic E-state index is 13.0. The van der Waals surface area contributed by atoms with Gasteiger partial charge in [-0.15, -0.1) is 10.2 Å². The van der Waals surface area contributed by atoms with Gasteiger partial charge < -0.3 is 15.2 Å². The van der Waals surface area contributed by atoms with Crippen LogP contribution in [0.2, 0.25) is 0 Å². The highest BCUT2D eigenvalue weighted by atomic mass is 32.2. The number of carbonyl (C=O) groups excluding carboxylic acids is 1. The van der Waals surface area contributed by atoms with Crippen LogP contribution < -0.4 is 21.7 Å². The van der Waals surface area contributed by atoms with Gasteiger partial charge in [0.05, 0.1) is 25.5 Å². The van der Waals surface area contributed by atoms with Crippen LogP contribution in [-0.4, -0.2) is 55.3 Å². The van der Waals surface area contributed by atoms with Crippen LogP contribution in [0.25, 0.3) is 11.4 Å².